The van der Waals surface area contributed by atoms with E-state index in [0.29, 0.717) is 16.3 Å². The van der Waals surface area contributed by atoms with E-state index >= 15 is 0 Å². The molecular weight excluding hydrogens is 150 g/mol. The van der Waals surface area contributed by atoms with Crippen molar-refractivity contribution < 1.29 is 0 Å². The molecule has 0 N–H and O–H groups in total. The molecule has 0 radical (unpaired) electrons. The van der Waals surface area contributed by atoms with Gasteiger partial charge in [-0.15, -0.1) is 0 Å². The summed E-state index contributed by atoms with van der Waals surface area (Å²) in [5.41, 5.74) is 0.954. The van der Waals surface area contributed by atoms with Gasteiger partial charge < -0.3 is 0 Å². The summed E-state index contributed by atoms with van der Waals surface area (Å²) in [6.07, 6.45) is 1.34. The molecule has 0 aliphatic rings. The van der Waals surface area contributed by atoms with E-state index < -0.39 is 0 Å². The summed E-state index contributed by atoms with van der Waals surface area (Å²) < 4.78 is 0. The summed E-state index contributed by atoms with van der Waals surface area (Å²) in [5, 5.41) is 16.0. The molecule has 0 saturated heterocycles. The third-order valence-corrected chi connectivity index (χ3v) is 1.55. The molecule has 10 heavy (non-hydrogen) atoms. The third-order valence-electron chi connectivity index (χ3n) is 1.07. The van der Waals surface area contributed by atoms with Crippen LogP contribution in [0.2, 0.25) is 5.02 Å². The number of aromatic nitrogens is 2. The van der Waals surface area contributed by atoms with Crippen LogP contribution in [0.15, 0.2) is 6.20 Å². The lowest BCUT2D eigenvalue weighted by atomic mass is 10.3. The predicted molar refractivity (Wildman–Crippen MR) is 36.5 cm³/mol. The van der Waals surface area contributed by atoms with Crippen LogP contribution in [0, 0.1) is 18.3 Å². The van der Waals surface area contributed by atoms with Crippen molar-refractivity contribution in [3.8, 4) is 6.07 Å². The molecule has 4 heteroatoms. The lowest BCUT2D eigenvalue weighted by Crippen LogP contribution is -1.89. The van der Waals surface area contributed by atoms with E-state index in [1.165, 1.54) is 6.20 Å². The molecule has 50 valence electrons. The van der Waals surface area contributed by atoms with E-state index in [1.807, 2.05) is 6.07 Å². The van der Waals surface area contributed by atoms with Gasteiger partial charge in [0.25, 0.3) is 0 Å². The normalized spacial score (nSPS) is 8.90. The Balaban J connectivity index is 3.31. The second-order valence-electron chi connectivity index (χ2n) is 1.77. The lowest BCUT2D eigenvalue weighted by Gasteiger charge is -1.93. The van der Waals surface area contributed by atoms with Crippen LogP contribution in [0.25, 0.3) is 0 Å². The number of hydrogen-bond acceptors (Lipinski definition) is 3. The molecule has 0 amide bonds. The third kappa shape index (κ3) is 1.07. The Morgan fingerprint density at radius 3 is 2.90 bits per heavy atom. The number of nitriles is 1. The highest BCUT2D eigenvalue weighted by molar-refractivity contribution is 6.32. The summed E-state index contributed by atoms with van der Waals surface area (Å²) in [6.45, 7) is 1.70. The molecule has 1 aromatic rings. The maximum atomic E-state index is 8.44. The number of halogens is 1. The maximum Gasteiger partial charge on any atom is 0.102 e. The van der Waals surface area contributed by atoms with Gasteiger partial charge in [-0.1, -0.05) is 11.6 Å². The van der Waals surface area contributed by atoms with Crippen molar-refractivity contribution in [1.82, 2.24) is 10.2 Å². The molecule has 1 aromatic heterocycles. The summed E-state index contributed by atoms with van der Waals surface area (Å²) >= 11 is 5.67. The summed E-state index contributed by atoms with van der Waals surface area (Å²) in [5.74, 6) is 0. The van der Waals surface area contributed by atoms with Gasteiger partial charge in [-0.05, 0) is 6.92 Å². The van der Waals surface area contributed by atoms with Crippen LogP contribution in [0.1, 0.15) is 11.3 Å². The monoisotopic (exact) mass is 153 g/mol. The maximum absolute atomic E-state index is 8.44. The van der Waals surface area contributed by atoms with Crippen molar-refractivity contribution in [2.75, 3.05) is 0 Å². The molecule has 1 rings (SSSR count). The standard InChI is InChI=1S/C6H4ClN3/c1-4-6(7)5(2-8)3-9-10-4/h3H,1H3. The second-order valence-corrected chi connectivity index (χ2v) is 2.15. The zero-order valence-corrected chi connectivity index (χ0v) is 6.05. The largest absolute Gasteiger partial charge is 0.192 e. The zero-order chi connectivity index (χ0) is 7.56. The Morgan fingerprint density at radius 2 is 2.40 bits per heavy atom. The van der Waals surface area contributed by atoms with Crippen LogP contribution in [0.5, 0.6) is 0 Å². The minimum atomic E-state index is 0.370. The molecule has 0 spiro atoms. The fourth-order valence-corrected chi connectivity index (χ4v) is 0.675. The first-order valence-corrected chi connectivity index (χ1v) is 3.01. The van der Waals surface area contributed by atoms with Gasteiger partial charge in [-0.3, -0.25) is 0 Å². The SMILES string of the molecule is Cc1nncc(C#N)c1Cl. The van der Waals surface area contributed by atoms with Gasteiger partial charge in [0, 0.05) is 0 Å². The van der Waals surface area contributed by atoms with Gasteiger partial charge in [0.2, 0.25) is 0 Å². The highest BCUT2D eigenvalue weighted by Crippen LogP contribution is 2.15. The van der Waals surface area contributed by atoms with Gasteiger partial charge in [0.05, 0.1) is 22.5 Å². The number of nitrogens with zero attached hydrogens (tertiary/aromatic N) is 3. The van der Waals surface area contributed by atoms with Crippen molar-refractivity contribution in [2.45, 2.75) is 6.92 Å². The molecule has 0 bridgehead atoms. The van der Waals surface area contributed by atoms with Gasteiger partial charge in [0.1, 0.15) is 6.07 Å². The molecular formula is C6H4ClN3. The summed E-state index contributed by atoms with van der Waals surface area (Å²) in [7, 11) is 0. The quantitative estimate of drug-likeness (QED) is 0.565. The van der Waals surface area contributed by atoms with Crippen LogP contribution >= 0.6 is 11.6 Å². The Kier molecular flexibility index (Phi) is 1.83. The number of aryl methyl sites for hydroxylation is 1. The Labute approximate surface area is 63.3 Å². The molecule has 0 aliphatic carbocycles. The van der Waals surface area contributed by atoms with Gasteiger partial charge >= 0.3 is 0 Å². The predicted octanol–water partition coefficient (Wildman–Crippen LogP) is 1.31. The summed E-state index contributed by atoms with van der Waals surface area (Å²) in [4.78, 5) is 0. The van der Waals surface area contributed by atoms with E-state index in [-0.39, 0.29) is 0 Å². The zero-order valence-electron chi connectivity index (χ0n) is 5.30. The van der Waals surface area contributed by atoms with Crippen LogP contribution in [0.4, 0.5) is 0 Å². The molecule has 0 atom stereocenters. The van der Waals surface area contributed by atoms with Crippen molar-refractivity contribution in [3.05, 3.63) is 22.5 Å². The van der Waals surface area contributed by atoms with Gasteiger partial charge in [-0.25, -0.2) is 0 Å². The molecule has 0 saturated carbocycles. The molecule has 1 heterocycles. The fourth-order valence-electron chi connectivity index (χ4n) is 0.547. The first kappa shape index (κ1) is 6.97. The van der Waals surface area contributed by atoms with Crippen molar-refractivity contribution in [2.24, 2.45) is 0 Å². The molecule has 0 aromatic carbocycles. The van der Waals surface area contributed by atoms with E-state index in [0.717, 1.165) is 0 Å². The summed E-state index contributed by atoms with van der Waals surface area (Å²) in [6, 6.07) is 1.90. The molecule has 0 unspecified atom stereocenters. The van der Waals surface area contributed by atoms with Crippen LogP contribution in [0.3, 0.4) is 0 Å². The number of hydrogen-bond donors (Lipinski definition) is 0. The van der Waals surface area contributed by atoms with E-state index in [1.54, 1.807) is 6.92 Å². The van der Waals surface area contributed by atoms with Gasteiger partial charge in [-0.2, -0.15) is 15.5 Å². The Morgan fingerprint density at radius 1 is 1.70 bits per heavy atom. The fraction of sp³-hybridized carbons (Fsp3) is 0.167. The highest BCUT2D eigenvalue weighted by atomic mass is 35.5. The average Bonchev–Trinajstić information content (AvgIpc) is 1.95. The molecule has 0 fully saturated rings. The van der Waals surface area contributed by atoms with Crippen molar-refractivity contribution in [1.29, 1.82) is 5.26 Å². The minimum Gasteiger partial charge on any atom is -0.192 e. The number of rotatable bonds is 0. The minimum absolute atomic E-state index is 0.370. The van der Waals surface area contributed by atoms with E-state index in [2.05, 4.69) is 10.2 Å². The van der Waals surface area contributed by atoms with Gasteiger partial charge in [0.15, 0.2) is 0 Å². The first-order chi connectivity index (χ1) is 4.75. The van der Waals surface area contributed by atoms with Crippen molar-refractivity contribution >= 4 is 11.6 Å². The van der Waals surface area contributed by atoms with Crippen molar-refractivity contribution in [3.63, 3.8) is 0 Å². The highest BCUT2D eigenvalue weighted by Gasteiger charge is 2.01. The van der Waals surface area contributed by atoms with E-state index in [4.69, 9.17) is 16.9 Å². The molecule has 0 aliphatic heterocycles. The lowest BCUT2D eigenvalue weighted by molar-refractivity contribution is 0.975. The van der Waals surface area contributed by atoms with Crippen LogP contribution in [-0.2, 0) is 0 Å². The first-order valence-electron chi connectivity index (χ1n) is 2.63. The topological polar surface area (TPSA) is 49.6 Å². The molecule has 3 nitrogen and oxygen atoms in total. The van der Waals surface area contributed by atoms with E-state index in [9.17, 15) is 0 Å². The van der Waals surface area contributed by atoms with Crippen LogP contribution in [-0.4, -0.2) is 10.2 Å². The van der Waals surface area contributed by atoms with Crippen LogP contribution < -0.4 is 0 Å². The smallest absolute Gasteiger partial charge is 0.102 e. The Hall–Kier alpha value is -1.14. The average molecular weight is 154 g/mol. The second kappa shape index (κ2) is 2.63. The Bertz CT molecular complexity index is 290.